The minimum Gasteiger partial charge on any atom is -0.489 e. The van der Waals surface area contributed by atoms with Crippen molar-refractivity contribution in [3.05, 3.63) is 71.4 Å². The van der Waals surface area contributed by atoms with Gasteiger partial charge in [0.05, 0.1) is 24.1 Å². The van der Waals surface area contributed by atoms with Gasteiger partial charge in [-0.15, -0.1) is 0 Å². The minimum atomic E-state index is -5.08. The maximum Gasteiger partial charge on any atom is 0.490 e. The molecule has 2 heterocycles. The van der Waals surface area contributed by atoms with Crippen LogP contribution in [0.3, 0.4) is 0 Å². The number of para-hydroxylation sites is 1. The third-order valence-corrected chi connectivity index (χ3v) is 6.01. The van der Waals surface area contributed by atoms with E-state index in [1.54, 1.807) is 29.7 Å². The number of carboxylic acids is 1. The molecule has 0 unspecified atom stereocenters. The Labute approximate surface area is 227 Å². The van der Waals surface area contributed by atoms with Gasteiger partial charge in [0.2, 0.25) is 5.91 Å². The second-order valence-corrected chi connectivity index (χ2v) is 9.16. The van der Waals surface area contributed by atoms with Crippen LogP contribution in [0.4, 0.5) is 13.2 Å². The summed E-state index contributed by atoms with van der Waals surface area (Å²) in [4.78, 5) is 38.1. The zero-order valence-corrected chi connectivity index (χ0v) is 21.5. The third kappa shape index (κ3) is 8.38. The molecule has 4 rings (SSSR count). The molecule has 0 spiro atoms. The lowest BCUT2D eigenvalue weighted by Crippen LogP contribution is -2.56. The second kappa shape index (κ2) is 13.2. The molecule has 1 aromatic heterocycles. The van der Waals surface area contributed by atoms with E-state index in [9.17, 15) is 22.8 Å². The van der Waals surface area contributed by atoms with Gasteiger partial charge in [-0.2, -0.15) is 13.2 Å². The van der Waals surface area contributed by atoms with E-state index in [1.807, 2.05) is 37.3 Å². The fourth-order valence-corrected chi connectivity index (χ4v) is 4.17. The predicted octanol–water partition coefficient (Wildman–Crippen LogP) is 3.93. The first-order valence-corrected chi connectivity index (χ1v) is 12.1. The van der Waals surface area contributed by atoms with Crippen LogP contribution in [0.15, 0.2) is 54.6 Å². The number of carbonyl (C=O) groups excluding carboxylic acids is 2. The molecule has 1 aliphatic heterocycles. The van der Waals surface area contributed by atoms with E-state index in [0.29, 0.717) is 30.9 Å². The zero-order chi connectivity index (χ0) is 29.3. The number of hydrogen-bond acceptors (Lipinski definition) is 7. The van der Waals surface area contributed by atoms with Crippen LogP contribution >= 0.6 is 0 Å². The first-order chi connectivity index (χ1) is 18.9. The number of amides is 2. The highest BCUT2D eigenvalue weighted by Gasteiger charge is 2.38. The first-order valence-electron chi connectivity index (χ1n) is 12.1. The molecule has 1 atom stereocenters. The van der Waals surface area contributed by atoms with Gasteiger partial charge in [0, 0.05) is 28.8 Å². The molecule has 1 aliphatic rings. The van der Waals surface area contributed by atoms with Gasteiger partial charge >= 0.3 is 12.1 Å². The van der Waals surface area contributed by atoms with Crippen LogP contribution in [0.5, 0.6) is 5.75 Å². The Bertz CT molecular complexity index is 1340. The maximum atomic E-state index is 12.9. The lowest BCUT2D eigenvalue weighted by Gasteiger charge is -2.37. The van der Waals surface area contributed by atoms with Gasteiger partial charge in [-0.3, -0.25) is 19.8 Å². The van der Waals surface area contributed by atoms with Crippen LogP contribution in [0, 0.1) is 6.92 Å². The number of nitrogens with zero attached hydrogens (tertiary/aromatic N) is 1. The number of fused-ring (bicyclic) bond motifs is 1. The summed E-state index contributed by atoms with van der Waals surface area (Å²) in [5.41, 5.74) is 4.13. The number of aliphatic carboxylic acids is 1. The van der Waals surface area contributed by atoms with E-state index in [2.05, 4.69) is 10.3 Å². The summed E-state index contributed by atoms with van der Waals surface area (Å²) in [6, 6.07) is 16.8. The highest BCUT2D eigenvalue weighted by Crippen LogP contribution is 2.25. The summed E-state index contributed by atoms with van der Waals surface area (Å²) in [7, 11) is 0. The Morgan fingerprint density at radius 3 is 2.40 bits per heavy atom. The quantitative estimate of drug-likeness (QED) is 0.250. The van der Waals surface area contributed by atoms with E-state index in [4.69, 9.17) is 24.6 Å². The number of aryl methyl sites for hydroxylation is 1. The molecule has 0 radical (unpaired) electrons. The van der Waals surface area contributed by atoms with Crippen molar-refractivity contribution in [2.24, 2.45) is 0 Å². The number of alkyl halides is 3. The summed E-state index contributed by atoms with van der Waals surface area (Å²) in [5.74, 6) is -3.00. The molecule has 0 aliphatic carbocycles. The molecule has 13 heteroatoms. The van der Waals surface area contributed by atoms with Gasteiger partial charge in [-0.05, 0) is 56.2 Å². The van der Waals surface area contributed by atoms with Crippen LogP contribution in [-0.4, -0.2) is 58.0 Å². The van der Waals surface area contributed by atoms with Crippen molar-refractivity contribution < 1.29 is 47.3 Å². The number of nitrogens with one attached hydrogen (secondary N) is 2. The van der Waals surface area contributed by atoms with Crippen LogP contribution < -0.4 is 15.5 Å². The topological polar surface area (TPSA) is 147 Å². The summed E-state index contributed by atoms with van der Waals surface area (Å²) >= 11 is 0. The number of pyridine rings is 1. The van der Waals surface area contributed by atoms with Gasteiger partial charge < -0.3 is 19.9 Å². The molecule has 2 amide bonds. The molecule has 214 valence electrons. The molecule has 4 N–H and O–H groups in total. The number of rotatable bonds is 7. The molecule has 0 saturated carbocycles. The van der Waals surface area contributed by atoms with Crippen molar-refractivity contribution in [2.45, 2.75) is 44.5 Å². The van der Waals surface area contributed by atoms with E-state index in [0.717, 1.165) is 28.6 Å². The van der Waals surface area contributed by atoms with Crippen molar-refractivity contribution in [3.8, 4) is 5.75 Å². The van der Waals surface area contributed by atoms with E-state index < -0.39 is 23.6 Å². The molecular weight excluding hydrogens is 535 g/mol. The SMILES string of the molecule is Cc1cc(COc2ccc(C(=O)N[C@]3(CC(=O)NO)CCCOC3)cc2)c2ccccc2n1.O=C(O)C(F)(F)F. The molecular formula is C27H28F3N3O7. The highest BCUT2D eigenvalue weighted by atomic mass is 19.4. The molecule has 10 nitrogen and oxygen atoms in total. The Morgan fingerprint density at radius 1 is 1.12 bits per heavy atom. The van der Waals surface area contributed by atoms with Crippen molar-refractivity contribution >= 4 is 28.7 Å². The molecule has 40 heavy (non-hydrogen) atoms. The Balaban J connectivity index is 0.000000559. The number of benzene rings is 2. The van der Waals surface area contributed by atoms with E-state index in [1.165, 1.54) is 0 Å². The van der Waals surface area contributed by atoms with E-state index in [-0.39, 0.29) is 18.9 Å². The maximum absolute atomic E-state index is 12.9. The summed E-state index contributed by atoms with van der Waals surface area (Å²) < 4.78 is 43.2. The first kappa shape index (κ1) is 30.3. The van der Waals surface area contributed by atoms with Crippen molar-refractivity contribution in [1.29, 1.82) is 0 Å². The van der Waals surface area contributed by atoms with Gasteiger partial charge in [-0.25, -0.2) is 10.3 Å². The van der Waals surface area contributed by atoms with Crippen LogP contribution in [-0.2, 0) is 20.9 Å². The number of aromatic nitrogens is 1. The molecule has 1 fully saturated rings. The van der Waals surface area contributed by atoms with Gasteiger partial charge in [-0.1, -0.05) is 18.2 Å². The number of hydroxylamine groups is 1. The number of carbonyl (C=O) groups is 3. The standard InChI is InChI=1S/C25H27N3O5.C2HF3O2/c1-17-13-19(21-5-2-3-6-22(21)26-17)15-33-20-9-7-18(8-10-20)24(30)27-25(14-23(29)28-31)11-4-12-32-16-25;3-2(4,5)1(6)7/h2-3,5-10,13,31H,4,11-12,14-16H2,1H3,(H,27,30)(H,28,29);(H,6,7)/t25-;/m0./s1. The smallest absolute Gasteiger partial charge is 0.489 e. The lowest BCUT2D eigenvalue weighted by atomic mass is 9.88. The zero-order valence-electron chi connectivity index (χ0n) is 21.5. The van der Waals surface area contributed by atoms with Crippen molar-refractivity contribution in [2.75, 3.05) is 13.2 Å². The summed E-state index contributed by atoms with van der Waals surface area (Å²) in [5, 5.41) is 20.0. The molecule has 2 aromatic carbocycles. The lowest BCUT2D eigenvalue weighted by molar-refractivity contribution is -0.192. The average Bonchev–Trinajstić information content (AvgIpc) is 2.92. The monoisotopic (exact) mass is 563 g/mol. The van der Waals surface area contributed by atoms with Gasteiger partial charge in [0.25, 0.3) is 5.91 Å². The highest BCUT2D eigenvalue weighted by molar-refractivity contribution is 5.95. The van der Waals surface area contributed by atoms with Crippen LogP contribution in [0.25, 0.3) is 10.9 Å². The molecule has 1 saturated heterocycles. The number of hydrogen-bond donors (Lipinski definition) is 4. The number of carboxylic acid groups (broad SMARTS) is 1. The van der Waals surface area contributed by atoms with Crippen molar-refractivity contribution in [3.63, 3.8) is 0 Å². The molecule has 3 aromatic rings. The Kier molecular flexibility index (Phi) is 10.0. The van der Waals surface area contributed by atoms with Crippen LogP contribution in [0.1, 0.15) is 40.9 Å². The largest absolute Gasteiger partial charge is 0.490 e. The minimum absolute atomic E-state index is 0.0598. The fraction of sp³-hybridized carbons (Fsp3) is 0.333. The average molecular weight is 564 g/mol. The summed E-state index contributed by atoms with van der Waals surface area (Å²) in [6.07, 6.45) is -3.84. The number of ether oxygens (including phenoxy) is 2. The Hall–Kier alpha value is -4.23. The fourth-order valence-electron chi connectivity index (χ4n) is 4.17. The predicted molar refractivity (Wildman–Crippen MR) is 136 cm³/mol. The Morgan fingerprint density at radius 2 is 1.80 bits per heavy atom. The van der Waals surface area contributed by atoms with Crippen molar-refractivity contribution in [1.82, 2.24) is 15.8 Å². The second-order valence-electron chi connectivity index (χ2n) is 9.16. The van der Waals surface area contributed by atoms with Crippen LogP contribution in [0.2, 0.25) is 0 Å². The summed E-state index contributed by atoms with van der Waals surface area (Å²) in [6.45, 7) is 3.13. The molecule has 0 bridgehead atoms. The van der Waals surface area contributed by atoms with E-state index >= 15 is 0 Å². The van der Waals surface area contributed by atoms with Gasteiger partial charge in [0.15, 0.2) is 0 Å². The number of halogens is 3. The normalized spacial score (nSPS) is 16.8. The van der Waals surface area contributed by atoms with Gasteiger partial charge in [0.1, 0.15) is 12.4 Å². The third-order valence-electron chi connectivity index (χ3n) is 6.01.